The molecule has 2 unspecified atom stereocenters. The maximum atomic E-state index is 13.2. The van der Waals surface area contributed by atoms with E-state index in [2.05, 4.69) is 15.4 Å². The van der Waals surface area contributed by atoms with Crippen LogP contribution in [0.4, 0.5) is 0 Å². The molecule has 128 valence electrons. The van der Waals surface area contributed by atoms with Crippen LogP contribution in [-0.2, 0) is 7.05 Å². The van der Waals surface area contributed by atoms with Crippen LogP contribution in [0.2, 0.25) is 0 Å². The third-order valence-electron chi connectivity index (χ3n) is 5.64. The molecule has 0 saturated carbocycles. The number of aromatic nitrogens is 3. The largest absolute Gasteiger partial charge is 0.339 e. The highest BCUT2D eigenvalue weighted by atomic mass is 16.2. The van der Waals surface area contributed by atoms with Crippen molar-refractivity contribution in [2.75, 3.05) is 7.05 Å². The first kappa shape index (κ1) is 15.6. The topological polar surface area (TPSA) is 63.1 Å². The molecule has 0 spiro atoms. The van der Waals surface area contributed by atoms with E-state index in [1.165, 1.54) is 12.8 Å². The molecule has 2 aromatic rings. The Morgan fingerprint density at radius 1 is 1.29 bits per heavy atom. The normalized spacial score (nSPS) is 26.1. The van der Waals surface area contributed by atoms with Gasteiger partial charge in [0.1, 0.15) is 0 Å². The van der Waals surface area contributed by atoms with Gasteiger partial charge in [-0.2, -0.15) is 5.10 Å². The van der Waals surface area contributed by atoms with Gasteiger partial charge in [0.2, 0.25) is 0 Å². The maximum absolute atomic E-state index is 13.2. The molecule has 0 radical (unpaired) electrons. The number of pyridine rings is 1. The van der Waals surface area contributed by atoms with E-state index in [0.717, 1.165) is 40.8 Å². The molecule has 0 aliphatic carbocycles. The van der Waals surface area contributed by atoms with Gasteiger partial charge < -0.3 is 10.2 Å². The van der Waals surface area contributed by atoms with E-state index >= 15 is 0 Å². The fourth-order valence-electron chi connectivity index (χ4n) is 4.44. The Hall–Kier alpha value is -1.95. The summed E-state index contributed by atoms with van der Waals surface area (Å²) in [4.78, 5) is 19.8. The summed E-state index contributed by atoms with van der Waals surface area (Å²) in [6, 6.07) is 3.37. The summed E-state index contributed by atoms with van der Waals surface area (Å²) in [7, 11) is 3.83. The lowest BCUT2D eigenvalue weighted by Crippen LogP contribution is -2.48. The van der Waals surface area contributed by atoms with Gasteiger partial charge in [-0.1, -0.05) is 0 Å². The van der Waals surface area contributed by atoms with Gasteiger partial charge in [-0.25, -0.2) is 4.98 Å². The van der Waals surface area contributed by atoms with E-state index in [0.29, 0.717) is 18.1 Å². The van der Waals surface area contributed by atoms with Crippen molar-refractivity contribution in [3.63, 3.8) is 0 Å². The highest BCUT2D eigenvalue weighted by Gasteiger charge is 2.37. The molecule has 2 aromatic heterocycles. The standard InChI is InChI=1S/C18H25N5O/c1-10-7-15(16-11(2)21-23(4)17(16)19-10)18(24)22(3)14-8-12-5-6-13(9-14)20-12/h7,12-14,20H,5-6,8-9H2,1-4H3. The average Bonchev–Trinajstić information content (AvgIpc) is 3.04. The zero-order valence-corrected chi connectivity index (χ0v) is 14.8. The first-order valence-corrected chi connectivity index (χ1v) is 8.78. The fraction of sp³-hybridized carbons (Fsp3) is 0.611. The number of hydrogen-bond donors (Lipinski definition) is 1. The first-order chi connectivity index (χ1) is 11.4. The van der Waals surface area contributed by atoms with Crippen LogP contribution in [0.5, 0.6) is 0 Å². The Bertz CT molecular complexity index is 799. The van der Waals surface area contributed by atoms with Gasteiger partial charge in [0.05, 0.1) is 16.6 Å². The van der Waals surface area contributed by atoms with Crippen LogP contribution in [0.25, 0.3) is 11.0 Å². The van der Waals surface area contributed by atoms with Crippen molar-refractivity contribution in [2.24, 2.45) is 7.05 Å². The molecule has 6 nitrogen and oxygen atoms in total. The van der Waals surface area contributed by atoms with Crippen LogP contribution in [0.3, 0.4) is 0 Å². The van der Waals surface area contributed by atoms with Gasteiger partial charge in [-0.05, 0) is 45.6 Å². The maximum Gasteiger partial charge on any atom is 0.254 e. The number of amides is 1. The van der Waals surface area contributed by atoms with Gasteiger partial charge in [-0.3, -0.25) is 9.48 Å². The van der Waals surface area contributed by atoms with E-state index in [4.69, 9.17) is 0 Å². The Kier molecular flexibility index (Phi) is 3.60. The first-order valence-electron chi connectivity index (χ1n) is 8.78. The number of carbonyl (C=O) groups excluding carboxylic acids is 1. The molecule has 2 aliphatic heterocycles. The summed E-state index contributed by atoms with van der Waals surface area (Å²) in [5.41, 5.74) is 3.24. The number of rotatable bonds is 2. The molecule has 24 heavy (non-hydrogen) atoms. The summed E-state index contributed by atoms with van der Waals surface area (Å²) in [5, 5.41) is 8.98. The molecule has 0 aromatic carbocycles. The second-order valence-electron chi connectivity index (χ2n) is 7.40. The highest BCUT2D eigenvalue weighted by molar-refractivity contribution is 6.06. The van der Waals surface area contributed by atoms with Crippen molar-refractivity contribution in [1.82, 2.24) is 25.0 Å². The van der Waals surface area contributed by atoms with Crippen molar-refractivity contribution in [3.8, 4) is 0 Å². The zero-order chi connectivity index (χ0) is 17.0. The van der Waals surface area contributed by atoms with Crippen molar-refractivity contribution in [2.45, 2.75) is 57.7 Å². The minimum absolute atomic E-state index is 0.0906. The molecular formula is C18H25N5O. The van der Waals surface area contributed by atoms with E-state index in [9.17, 15) is 4.79 Å². The van der Waals surface area contributed by atoms with Crippen LogP contribution < -0.4 is 5.32 Å². The second-order valence-corrected chi connectivity index (χ2v) is 7.40. The van der Waals surface area contributed by atoms with Crippen LogP contribution >= 0.6 is 0 Å². The Morgan fingerprint density at radius 2 is 1.96 bits per heavy atom. The van der Waals surface area contributed by atoms with Gasteiger partial charge in [0.15, 0.2) is 5.65 Å². The number of carbonyl (C=O) groups is 1. The molecule has 2 bridgehead atoms. The lowest BCUT2D eigenvalue weighted by molar-refractivity contribution is 0.0683. The average molecular weight is 327 g/mol. The molecule has 1 amide bonds. The lowest BCUT2D eigenvalue weighted by Gasteiger charge is -2.35. The predicted molar refractivity (Wildman–Crippen MR) is 93.0 cm³/mol. The summed E-state index contributed by atoms with van der Waals surface area (Å²) in [5.74, 6) is 0.0906. The van der Waals surface area contributed by atoms with Crippen molar-refractivity contribution in [1.29, 1.82) is 0 Å². The van der Waals surface area contributed by atoms with E-state index in [-0.39, 0.29) is 5.91 Å². The van der Waals surface area contributed by atoms with Gasteiger partial charge in [-0.15, -0.1) is 0 Å². The predicted octanol–water partition coefficient (Wildman–Crippen LogP) is 1.94. The molecule has 4 heterocycles. The summed E-state index contributed by atoms with van der Waals surface area (Å²) < 4.78 is 1.76. The lowest BCUT2D eigenvalue weighted by atomic mass is 9.97. The number of aryl methyl sites for hydroxylation is 3. The monoisotopic (exact) mass is 327 g/mol. The van der Waals surface area contributed by atoms with Crippen molar-refractivity contribution in [3.05, 3.63) is 23.0 Å². The van der Waals surface area contributed by atoms with Crippen molar-refractivity contribution >= 4 is 16.9 Å². The minimum atomic E-state index is 0.0906. The van der Waals surface area contributed by atoms with Crippen LogP contribution in [0, 0.1) is 13.8 Å². The van der Waals surface area contributed by atoms with E-state index in [1.54, 1.807) is 4.68 Å². The number of piperidine rings is 1. The Balaban J connectivity index is 1.70. The summed E-state index contributed by atoms with van der Waals surface area (Å²) >= 11 is 0. The van der Waals surface area contributed by atoms with Gasteiger partial charge in [0, 0.05) is 37.9 Å². The molecule has 6 heteroatoms. The minimum Gasteiger partial charge on any atom is -0.339 e. The van der Waals surface area contributed by atoms with Crippen LogP contribution in [-0.4, -0.2) is 50.7 Å². The Morgan fingerprint density at radius 3 is 2.62 bits per heavy atom. The highest BCUT2D eigenvalue weighted by Crippen LogP contribution is 2.31. The molecule has 2 aliphatic rings. The fourth-order valence-corrected chi connectivity index (χ4v) is 4.44. The molecule has 2 fully saturated rings. The van der Waals surface area contributed by atoms with E-state index < -0.39 is 0 Å². The summed E-state index contributed by atoms with van der Waals surface area (Å²) in [6.07, 6.45) is 4.59. The SMILES string of the molecule is Cc1cc(C(=O)N(C)C2CC3CCC(C2)N3)c2c(C)nn(C)c2n1. The van der Waals surface area contributed by atoms with Crippen LogP contribution in [0.15, 0.2) is 6.07 Å². The Labute approximate surface area is 142 Å². The molecule has 4 rings (SSSR count). The summed E-state index contributed by atoms with van der Waals surface area (Å²) in [6.45, 7) is 3.88. The quantitative estimate of drug-likeness (QED) is 0.916. The number of fused-ring (bicyclic) bond motifs is 3. The molecular weight excluding hydrogens is 302 g/mol. The molecule has 2 saturated heterocycles. The van der Waals surface area contributed by atoms with E-state index in [1.807, 2.05) is 38.9 Å². The third kappa shape index (κ3) is 2.40. The van der Waals surface area contributed by atoms with Crippen molar-refractivity contribution < 1.29 is 4.79 Å². The van der Waals surface area contributed by atoms with Gasteiger partial charge >= 0.3 is 0 Å². The molecule has 2 atom stereocenters. The van der Waals surface area contributed by atoms with Gasteiger partial charge in [0.25, 0.3) is 5.91 Å². The number of hydrogen-bond acceptors (Lipinski definition) is 4. The smallest absolute Gasteiger partial charge is 0.254 e. The van der Waals surface area contributed by atoms with Crippen LogP contribution in [0.1, 0.15) is 47.4 Å². The third-order valence-corrected chi connectivity index (χ3v) is 5.64. The number of nitrogens with zero attached hydrogens (tertiary/aromatic N) is 4. The number of nitrogens with one attached hydrogen (secondary N) is 1. The molecule has 1 N–H and O–H groups in total. The second kappa shape index (κ2) is 5.55. The zero-order valence-electron chi connectivity index (χ0n) is 14.8.